The lowest BCUT2D eigenvalue weighted by molar-refractivity contribution is 0.0527. The van der Waals surface area contributed by atoms with Crippen molar-refractivity contribution in [3.05, 3.63) is 34.4 Å². The molecule has 0 bridgehead atoms. The van der Waals surface area contributed by atoms with Crippen molar-refractivity contribution in [2.45, 2.75) is 20.8 Å². The van der Waals surface area contributed by atoms with Crippen LogP contribution in [0.15, 0.2) is 28.9 Å². The van der Waals surface area contributed by atoms with Crippen molar-refractivity contribution in [2.24, 2.45) is 0 Å². The fourth-order valence-corrected chi connectivity index (χ4v) is 2.75. The fourth-order valence-electron chi connectivity index (χ4n) is 2.39. The first-order valence-electron chi connectivity index (χ1n) is 7.12. The number of aromatic nitrogens is 1. The highest BCUT2D eigenvalue weighted by atomic mass is 79.9. The van der Waals surface area contributed by atoms with Gasteiger partial charge in [-0.2, -0.15) is 0 Å². The molecule has 0 saturated heterocycles. The van der Waals surface area contributed by atoms with Gasteiger partial charge in [-0.25, -0.2) is 4.79 Å². The van der Waals surface area contributed by atoms with Crippen molar-refractivity contribution in [3.63, 3.8) is 0 Å². The van der Waals surface area contributed by atoms with Gasteiger partial charge in [0.2, 0.25) is 0 Å². The molecule has 0 atom stereocenters. The maximum atomic E-state index is 12.2. The summed E-state index contributed by atoms with van der Waals surface area (Å²) >= 11 is 3.49. The molecule has 21 heavy (non-hydrogen) atoms. The number of carbonyl (C=O) groups is 1. The minimum absolute atomic E-state index is 0.325. The lowest BCUT2D eigenvalue weighted by Gasteiger charge is -2.25. The van der Waals surface area contributed by atoms with E-state index in [4.69, 9.17) is 4.74 Å². The van der Waals surface area contributed by atoms with E-state index in [1.54, 1.807) is 13.1 Å². The summed E-state index contributed by atoms with van der Waals surface area (Å²) in [6.07, 6.45) is 1.61. The molecule has 0 unspecified atom stereocenters. The number of anilines is 1. The largest absolute Gasteiger partial charge is 0.462 e. The SMILES string of the molecule is CCOC(=O)c1cnc2ccc(Br)cc2c1N(CC)CC. The second kappa shape index (κ2) is 6.89. The van der Waals surface area contributed by atoms with Crippen molar-refractivity contribution in [1.82, 2.24) is 4.98 Å². The van der Waals surface area contributed by atoms with Gasteiger partial charge in [-0.15, -0.1) is 0 Å². The van der Waals surface area contributed by atoms with E-state index < -0.39 is 0 Å². The highest BCUT2D eigenvalue weighted by Crippen LogP contribution is 2.32. The van der Waals surface area contributed by atoms with E-state index in [0.717, 1.165) is 34.2 Å². The van der Waals surface area contributed by atoms with Crippen molar-refractivity contribution in [3.8, 4) is 0 Å². The number of hydrogen-bond donors (Lipinski definition) is 0. The van der Waals surface area contributed by atoms with Crippen LogP contribution in [0.3, 0.4) is 0 Å². The standard InChI is InChI=1S/C16H19BrN2O2/c1-4-19(5-2)15-12-9-11(17)7-8-14(12)18-10-13(15)16(20)21-6-3/h7-10H,4-6H2,1-3H3. The van der Waals surface area contributed by atoms with Gasteiger partial charge in [0.1, 0.15) is 5.56 Å². The third-order valence-corrected chi connectivity index (χ3v) is 3.87. The summed E-state index contributed by atoms with van der Waals surface area (Å²) in [4.78, 5) is 18.8. The Kier molecular flexibility index (Phi) is 5.17. The van der Waals surface area contributed by atoms with Crippen LogP contribution in [-0.4, -0.2) is 30.6 Å². The minimum Gasteiger partial charge on any atom is -0.462 e. The Morgan fingerprint density at radius 3 is 2.62 bits per heavy atom. The van der Waals surface area contributed by atoms with E-state index in [9.17, 15) is 4.79 Å². The predicted octanol–water partition coefficient (Wildman–Crippen LogP) is 4.02. The van der Waals surface area contributed by atoms with E-state index in [1.165, 1.54) is 0 Å². The number of fused-ring (bicyclic) bond motifs is 1. The van der Waals surface area contributed by atoms with E-state index in [1.807, 2.05) is 18.2 Å². The van der Waals surface area contributed by atoms with Crippen LogP contribution >= 0.6 is 15.9 Å². The summed E-state index contributed by atoms with van der Waals surface area (Å²) < 4.78 is 6.13. The molecule has 0 radical (unpaired) electrons. The fraction of sp³-hybridized carbons (Fsp3) is 0.375. The van der Waals surface area contributed by atoms with Gasteiger partial charge >= 0.3 is 5.97 Å². The first-order chi connectivity index (χ1) is 10.1. The second-order valence-corrected chi connectivity index (χ2v) is 5.49. The Hall–Kier alpha value is -1.62. The lowest BCUT2D eigenvalue weighted by atomic mass is 10.1. The number of esters is 1. The van der Waals surface area contributed by atoms with Crippen LogP contribution in [0.5, 0.6) is 0 Å². The number of rotatable bonds is 5. The van der Waals surface area contributed by atoms with Crippen molar-refractivity contribution < 1.29 is 9.53 Å². The van der Waals surface area contributed by atoms with Gasteiger partial charge in [-0.3, -0.25) is 4.98 Å². The molecule has 2 rings (SSSR count). The highest BCUT2D eigenvalue weighted by molar-refractivity contribution is 9.10. The summed E-state index contributed by atoms with van der Waals surface area (Å²) in [5, 5.41) is 0.957. The number of benzene rings is 1. The second-order valence-electron chi connectivity index (χ2n) is 4.57. The first kappa shape index (κ1) is 15.8. The van der Waals surface area contributed by atoms with Crippen LogP contribution in [0, 0.1) is 0 Å². The van der Waals surface area contributed by atoms with Gasteiger partial charge < -0.3 is 9.64 Å². The molecule has 0 aliphatic rings. The van der Waals surface area contributed by atoms with Gasteiger partial charge in [0.25, 0.3) is 0 Å². The summed E-state index contributed by atoms with van der Waals surface area (Å²) in [5.41, 5.74) is 2.28. The predicted molar refractivity (Wildman–Crippen MR) is 89.0 cm³/mol. The van der Waals surface area contributed by atoms with E-state index in [0.29, 0.717) is 12.2 Å². The molecular weight excluding hydrogens is 332 g/mol. The molecular formula is C16H19BrN2O2. The Bertz CT molecular complexity index is 654. The summed E-state index contributed by atoms with van der Waals surface area (Å²) in [5.74, 6) is -0.325. The molecule has 1 aromatic carbocycles. The zero-order valence-corrected chi connectivity index (χ0v) is 14.1. The Balaban J connectivity index is 2.73. The van der Waals surface area contributed by atoms with Crippen LogP contribution in [0.4, 0.5) is 5.69 Å². The van der Waals surface area contributed by atoms with Crippen molar-refractivity contribution in [2.75, 3.05) is 24.6 Å². The normalized spacial score (nSPS) is 10.7. The number of hydrogen-bond acceptors (Lipinski definition) is 4. The number of halogens is 1. The zero-order valence-electron chi connectivity index (χ0n) is 12.5. The van der Waals surface area contributed by atoms with Crippen LogP contribution < -0.4 is 4.90 Å². The molecule has 0 saturated carbocycles. The Labute approximate surface area is 133 Å². The van der Waals surface area contributed by atoms with Crippen LogP contribution in [0.2, 0.25) is 0 Å². The molecule has 112 valence electrons. The Morgan fingerprint density at radius 1 is 1.29 bits per heavy atom. The Morgan fingerprint density at radius 2 is 2.00 bits per heavy atom. The maximum absolute atomic E-state index is 12.2. The van der Waals surface area contributed by atoms with Crippen molar-refractivity contribution in [1.29, 1.82) is 0 Å². The first-order valence-corrected chi connectivity index (χ1v) is 7.91. The molecule has 4 nitrogen and oxygen atoms in total. The van der Waals surface area contributed by atoms with Gasteiger partial charge in [-0.1, -0.05) is 15.9 Å². The number of carbonyl (C=O) groups excluding carboxylic acids is 1. The third kappa shape index (κ3) is 3.18. The topological polar surface area (TPSA) is 42.4 Å². The molecule has 0 fully saturated rings. The molecule has 2 aromatic rings. The lowest BCUT2D eigenvalue weighted by Crippen LogP contribution is -2.25. The quantitative estimate of drug-likeness (QED) is 0.763. The van der Waals surface area contributed by atoms with Gasteiger partial charge in [0, 0.05) is 29.1 Å². The minimum atomic E-state index is -0.325. The van der Waals surface area contributed by atoms with Crippen LogP contribution in [0.1, 0.15) is 31.1 Å². The average Bonchev–Trinajstić information content (AvgIpc) is 2.48. The van der Waals surface area contributed by atoms with Gasteiger partial charge in [0.05, 0.1) is 17.8 Å². The van der Waals surface area contributed by atoms with Gasteiger partial charge in [0.15, 0.2) is 0 Å². The molecule has 1 heterocycles. The van der Waals surface area contributed by atoms with E-state index in [-0.39, 0.29) is 5.97 Å². The molecule has 0 N–H and O–H groups in total. The van der Waals surface area contributed by atoms with E-state index >= 15 is 0 Å². The number of pyridine rings is 1. The molecule has 0 amide bonds. The van der Waals surface area contributed by atoms with Crippen molar-refractivity contribution >= 4 is 38.5 Å². The van der Waals surface area contributed by atoms with Crippen LogP contribution in [-0.2, 0) is 4.74 Å². The monoisotopic (exact) mass is 350 g/mol. The summed E-state index contributed by atoms with van der Waals surface area (Å²) in [7, 11) is 0. The molecule has 5 heteroatoms. The van der Waals surface area contributed by atoms with Crippen LogP contribution in [0.25, 0.3) is 10.9 Å². The molecule has 0 aliphatic heterocycles. The third-order valence-electron chi connectivity index (χ3n) is 3.38. The summed E-state index contributed by atoms with van der Waals surface area (Å²) in [6.45, 7) is 7.93. The number of ether oxygens (including phenoxy) is 1. The summed E-state index contributed by atoms with van der Waals surface area (Å²) in [6, 6.07) is 5.89. The maximum Gasteiger partial charge on any atom is 0.341 e. The van der Waals surface area contributed by atoms with E-state index in [2.05, 4.69) is 39.7 Å². The number of nitrogens with zero attached hydrogens (tertiary/aromatic N) is 2. The molecule has 1 aromatic heterocycles. The molecule has 0 spiro atoms. The average molecular weight is 351 g/mol. The highest BCUT2D eigenvalue weighted by Gasteiger charge is 2.20. The zero-order chi connectivity index (χ0) is 15.4. The molecule has 0 aliphatic carbocycles. The van der Waals surface area contributed by atoms with Gasteiger partial charge in [-0.05, 0) is 39.0 Å². The smallest absolute Gasteiger partial charge is 0.341 e.